The Hall–Kier alpha value is -0.120. The van der Waals surface area contributed by atoms with Gasteiger partial charge in [-0.2, -0.15) is 0 Å². The number of likely N-dealkylation sites (N-methyl/N-ethyl adjacent to an activating group) is 1. The van der Waals surface area contributed by atoms with E-state index in [1.165, 1.54) is 58.4 Å². The molecule has 2 atom stereocenters. The molecule has 3 nitrogen and oxygen atoms in total. The largest absolute Gasteiger partial charge is 0.310 e. The molecular weight excluding hydrogens is 222 g/mol. The van der Waals surface area contributed by atoms with Crippen LogP contribution in [0.5, 0.6) is 0 Å². The molecule has 0 aliphatic carbocycles. The zero-order chi connectivity index (χ0) is 13.0. The SMILES string of the molecule is CCN1CCCC(NC(C)C2CCN(C)CC2)C1. The van der Waals surface area contributed by atoms with Gasteiger partial charge in [0.1, 0.15) is 0 Å². The van der Waals surface area contributed by atoms with E-state index in [1.807, 2.05) is 0 Å². The molecule has 0 amide bonds. The highest BCUT2D eigenvalue weighted by atomic mass is 15.2. The van der Waals surface area contributed by atoms with Crippen LogP contribution in [0.15, 0.2) is 0 Å². The molecule has 2 rings (SSSR count). The summed E-state index contributed by atoms with van der Waals surface area (Å²) in [5.41, 5.74) is 0. The Morgan fingerprint density at radius 2 is 1.89 bits per heavy atom. The molecule has 18 heavy (non-hydrogen) atoms. The fourth-order valence-electron chi connectivity index (χ4n) is 3.52. The van der Waals surface area contributed by atoms with Gasteiger partial charge in [0.15, 0.2) is 0 Å². The number of hydrogen-bond donors (Lipinski definition) is 1. The van der Waals surface area contributed by atoms with Gasteiger partial charge in [-0.15, -0.1) is 0 Å². The van der Waals surface area contributed by atoms with Crippen molar-refractivity contribution in [2.45, 2.75) is 51.6 Å². The maximum Gasteiger partial charge on any atom is 0.0198 e. The average Bonchev–Trinajstić information content (AvgIpc) is 2.39. The summed E-state index contributed by atoms with van der Waals surface area (Å²) < 4.78 is 0. The van der Waals surface area contributed by atoms with Gasteiger partial charge in [-0.05, 0) is 71.8 Å². The molecule has 0 bridgehead atoms. The van der Waals surface area contributed by atoms with E-state index in [0.29, 0.717) is 6.04 Å². The van der Waals surface area contributed by atoms with Gasteiger partial charge in [0.25, 0.3) is 0 Å². The Kier molecular flexibility index (Phi) is 5.46. The summed E-state index contributed by atoms with van der Waals surface area (Å²) >= 11 is 0. The van der Waals surface area contributed by atoms with Crippen molar-refractivity contribution in [3.8, 4) is 0 Å². The van der Waals surface area contributed by atoms with Gasteiger partial charge in [-0.3, -0.25) is 0 Å². The predicted molar refractivity (Wildman–Crippen MR) is 78.0 cm³/mol. The first-order chi connectivity index (χ1) is 8.69. The third-order valence-corrected chi connectivity index (χ3v) is 4.92. The third-order valence-electron chi connectivity index (χ3n) is 4.92. The Labute approximate surface area is 113 Å². The topological polar surface area (TPSA) is 18.5 Å². The van der Waals surface area contributed by atoms with Gasteiger partial charge >= 0.3 is 0 Å². The van der Waals surface area contributed by atoms with Crippen LogP contribution in [0.3, 0.4) is 0 Å². The van der Waals surface area contributed by atoms with Crippen LogP contribution in [0.2, 0.25) is 0 Å². The minimum atomic E-state index is 0.695. The lowest BCUT2D eigenvalue weighted by molar-refractivity contribution is 0.154. The zero-order valence-corrected chi connectivity index (χ0v) is 12.5. The number of likely N-dealkylation sites (tertiary alicyclic amines) is 2. The summed E-state index contributed by atoms with van der Waals surface area (Å²) in [6, 6.07) is 1.42. The molecule has 0 aromatic rings. The van der Waals surface area contributed by atoms with Crippen LogP contribution in [0.4, 0.5) is 0 Å². The molecule has 0 aromatic heterocycles. The Morgan fingerprint density at radius 3 is 2.56 bits per heavy atom. The van der Waals surface area contributed by atoms with Gasteiger partial charge in [-0.25, -0.2) is 0 Å². The first kappa shape index (κ1) is 14.3. The standard InChI is InChI=1S/C15H31N3/c1-4-18-9-5-6-15(12-18)16-13(2)14-7-10-17(3)11-8-14/h13-16H,4-12H2,1-3H3. The summed E-state index contributed by atoms with van der Waals surface area (Å²) in [5, 5.41) is 3.91. The molecule has 2 heterocycles. The van der Waals surface area contributed by atoms with Crippen LogP contribution >= 0.6 is 0 Å². The summed E-state index contributed by atoms with van der Waals surface area (Å²) in [6.45, 7) is 11.0. The zero-order valence-electron chi connectivity index (χ0n) is 12.5. The van der Waals surface area contributed by atoms with Crippen LogP contribution in [-0.2, 0) is 0 Å². The first-order valence-corrected chi connectivity index (χ1v) is 7.86. The van der Waals surface area contributed by atoms with E-state index in [4.69, 9.17) is 0 Å². The van der Waals surface area contributed by atoms with Crippen LogP contribution in [0.25, 0.3) is 0 Å². The van der Waals surface area contributed by atoms with Crippen molar-refractivity contribution >= 4 is 0 Å². The minimum Gasteiger partial charge on any atom is -0.310 e. The molecule has 106 valence electrons. The maximum atomic E-state index is 3.91. The lowest BCUT2D eigenvalue weighted by atomic mass is 9.89. The van der Waals surface area contributed by atoms with E-state index in [1.54, 1.807) is 0 Å². The van der Waals surface area contributed by atoms with E-state index in [0.717, 1.165) is 12.0 Å². The Morgan fingerprint density at radius 1 is 1.17 bits per heavy atom. The van der Waals surface area contributed by atoms with Crippen molar-refractivity contribution in [2.24, 2.45) is 5.92 Å². The fourth-order valence-corrected chi connectivity index (χ4v) is 3.52. The summed E-state index contributed by atoms with van der Waals surface area (Å²) in [6.07, 6.45) is 5.48. The Balaban J connectivity index is 1.74. The number of hydrogen-bond acceptors (Lipinski definition) is 3. The molecule has 2 aliphatic rings. The first-order valence-electron chi connectivity index (χ1n) is 7.86. The lowest BCUT2D eigenvalue weighted by Crippen LogP contribution is -2.51. The summed E-state index contributed by atoms with van der Waals surface area (Å²) in [5.74, 6) is 0.887. The van der Waals surface area contributed by atoms with Crippen molar-refractivity contribution in [1.29, 1.82) is 0 Å². The van der Waals surface area contributed by atoms with Crippen molar-refractivity contribution in [3.63, 3.8) is 0 Å². The number of rotatable bonds is 4. The summed E-state index contributed by atoms with van der Waals surface area (Å²) in [4.78, 5) is 5.05. The van der Waals surface area contributed by atoms with Crippen molar-refractivity contribution < 1.29 is 0 Å². The Bertz CT molecular complexity index is 236. The van der Waals surface area contributed by atoms with Crippen LogP contribution < -0.4 is 5.32 Å². The maximum absolute atomic E-state index is 3.91. The van der Waals surface area contributed by atoms with Crippen molar-refractivity contribution in [3.05, 3.63) is 0 Å². The summed E-state index contributed by atoms with van der Waals surface area (Å²) in [7, 11) is 2.24. The quantitative estimate of drug-likeness (QED) is 0.824. The molecule has 2 saturated heterocycles. The van der Waals surface area contributed by atoms with E-state index in [9.17, 15) is 0 Å². The highest BCUT2D eigenvalue weighted by Crippen LogP contribution is 2.21. The molecule has 0 saturated carbocycles. The number of piperidine rings is 2. The number of nitrogens with zero attached hydrogens (tertiary/aromatic N) is 2. The van der Waals surface area contributed by atoms with Gasteiger partial charge in [-0.1, -0.05) is 6.92 Å². The molecule has 0 radical (unpaired) electrons. The van der Waals surface area contributed by atoms with Gasteiger partial charge in [0.05, 0.1) is 0 Å². The molecule has 2 fully saturated rings. The second kappa shape index (κ2) is 6.88. The normalized spacial score (nSPS) is 30.5. The second-order valence-electron chi connectivity index (χ2n) is 6.33. The number of nitrogens with one attached hydrogen (secondary N) is 1. The van der Waals surface area contributed by atoms with Gasteiger partial charge < -0.3 is 15.1 Å². The molecule has 0 spiro atoms. The molecule has 3 heteroatoms. The van der Waals surface area contributed by atoms with Crippen LogP contribution in [0, 0.1) is 5.92 Å². The van der Waals surface area contributed by atoms with E-state index >= 15 is 0 Å². The minimum absolute atomic E-state index is 0.695. The van der Waals surface area contributed by atoms with Crippen LogP contribution in [-0.4, -0.2) is 61.7 Å². The average molecular weight is 253 g/mol. The predicted octanol–water partition coefficient (Wildman–Crippen LogP) is 1.79. The van der Waals surface area contributed by atoms with Crippen LogP contribution in [0.1, 0.15) is 39.5 Å². The van der Waals surface area contributed by atoms with E-state index < -0.39 is 0 Å². The van der Waals surface area contributed by atoms with Crippen molar-refractivity contribution in [2.75, 3.05) is 39.8 Å². The molecular formula is C15H31N3. The third kappa shape index (κ3) is 3.94. The lowest BCUT2D eigenvalue weighted by Gasteiger charge is -2.38. The molecule has 2 aliphatic heterocycles. The van der Waals surface area contributed by atoms with E-state index in [2.05, 4.69) is 36.0 Å². The van der Waals surface area contributed by atoms with Gasteiger partial charge in [0, 0.05) is 18.6 Å². The molecule has 1 N–H and O–H groups in total. The highest BCUT2D eigenvalue weighted by Gasteiger charge is 2.26. The van der Waals surface area contributed by atoms with Gasteiger partial charge in [0.2, 0.25) is 0 Å². The molecule has 0 aromatic carbocycles. The fraction of sp³-hybridized carbons (Fsp3) is 1.00. The smallest absolute Gasteiger partial charge is 0.0198 e. The molecule has 2 unspecified atom stereocenters. The van der Waals surface area contributed by atoms with E-state index in [-0.39, 0.29) is 0 Å². The van der Waals surface area contributed by atoms with Crippen molar-refractivity contribution in [1.82, 2.24) is 15.1 Å². The highest BCUT2D eigenvalue weighted by molar-refractivity contribution is 4.84. The monoisotopic (exact) mass is 253 g/mol. The second-order valence-corrected chi connectivity index (χ2v) is 6.33.